The first kappa shape index (κ1) is 28.3. The summed E-state index contributed by atoms with van der Waals surface area (Å²) in [5.74, 6) is 1.22. The second-order valence-electron chi connectivity index (χ2n) is 12.3. The zero-order valence-electron chi connectivity index (χ0n) is 25.3. The summed E-state index contributed by atoms with van der Waals surface area (Å²) in [5, 5.41) is 36.9. The van der Waals surface area contributed by atoms with Crippen LogP contribution in [-0.2, 0) is 17.6 Å². The Labute approximate surface area is 256 Å². The minimum Gasteiger partial charge on any atom is -0.507 e. The van der Waals surface area contributed by atoms with Crippen LogP contribution >= 0.6 is 0 Å². The highest BCUT2D eigenvalue weighted by molar-refractivity contribution is 5.91. The molecule has 2 bridgehead atoms. The van der Waals surface area contributed by atoms with Crippen molar-refractivity contribution < 1.29 is 24.5 Å². The second-order valence-corrected chi connectivity index (χ2v) is 12.3. The maximum Gasteiger partial charge on any atom is 0.244 e. The standard InChI is InChI=1S/C35H36N4O5/c1-18-12-22-13-24-26(15-36)39-25(31(38(24)4)29(22)33(42)19(18)2)14-23-30(35-34(43-17-44-35)20(3)32(23)41)27(39)16-37-28(40)11-10-21-8-6-5-7-9-21/h5-12,24-27,31,41-42H,13-14,16-17H2,1-4H3,(H,37,40)/b11-10+/t24-,25?,26-,27-,31-/m0/s1. The number of phenolic OH excluding ortho intramolecular Hbond substituents is 2. The van der Waals surface area contributed by atoms with Crippen molar-refractivity contribution in [1.82, 2.24) is 15.1 Å². The van der Waals surface area contributed by atoms with Crippen molar-refractivity contribution >= 4 is 12.0 Å². The lowest BCUT2D eigenvalue weighted by Gasteiger charge is -2.60. The van der Waals surface area contributed by atoms with Crippen LogP contribution < -0.4 is 14.8 Å². The normalized spacial score (nSPS) is 25.2. The molecule has 0 radical (unpaired) electrons. The molecule has 226 valence electrons. The van der Waals surface area contributed by atoms with Crippen LogP contribution in [0.3, 0.4) is 0 Å². The Hall–Kier alpha value is -4.52. The van der Waals surface area contributed by atoms with Crippen LogP contribution in [-0.4, -0.2) is 64.4 Å². The molecule has 9 nitrogen and oxygen atoms in total. The van der Waals surface area contributed by atoms with E-state index in [1.54, 1.807) is 6.08 Å². The second kappa shape index (κ2) is 10.6. The van der Waals surface area contributed by atoms with E-state index in [9.17, 15) is 20.3 Å². The van der Waals surface area contributed by atoms with Crippen LogP contribution in [0.1, 0.15) is 56.6 Å². The Balaban J connectivity index is 1.35. The molecule has 44 heavy (non-hydrogen) atoms. The monoisotopic (exact) mass is 592 g/mol. The van der Waals surface area contributed by atoms with Gasteiger partial charge in [0, 0.05) is 47.0 Å². The first-order chi connectivity index (χ1) is 21.2. The number of rotatable bonds is 4. The van der Waals surface area contributed by atoms with E-state index in [0.29, 0.717) is 35.7 Å². The van der Waals surface area contributed by atoms with Gasteiger partial charge in [0.25, 0.3) is 0 Å². The summed E-state index contributed by atoms with van der Waals surface area (Å²) >= 11 is 0. The number of aromatic hydroxyl groups is 2. The van der Waals surface area contributed by atoms with Gasteiger partial charge >= 0.3 is 0 Å². The van der Waals surface area contributed by atoms with E-state index in [4.69, 9.17) is 9.47 Å². The summed E-state index contributed by atoms with van der Waals surface area (Å²) < 4.78 is 11.8. The topological polar surface area (TPSA) is 118 Å². The minimum atomic E-state index is -0.519. The molecule has 4 aliphatic rings. The van der Waals surface area contributed by atoms with E-state index in [1.165, 1.54) is 6.08 Å². The SMILES string of the molecule is Cc1cc2c(c(O)c1C)[C@@H]1C3Cc4c(O)c(C)c5c(c4[C@H](CNC(=O)/C=C/c4ccccc4)N3[C@@H](C#N)[C@H](C2)N1C)OCO5. The molecule has 9 heteroatoms. The molecular formula is C35H36N4O5. The molecule has 0 saturated carbocycles. The predicted octanol–water partition coefficient (Wildman–Crippen LogP) is 4.35. The molecule has 0 spiro atoms. The number of likely N-dealkylation sites (N-methyl/N-ethyl adjacent to an activating group) is 1. The third-order valence-electron chi connectivity index (χ3n) is 10.2. The Bertz CT molecular complexity index is 1750. The fourth-order valence-corrected chi connectivity index (χ4v) is 7.90. The van der Waals surface area contributed by atoms with Gasteiger partial charge in [0.15, 0.2) is 11.5 Å². The van der Waals surface area contributed by atoms with Gasteiger partial charge in [0.1, 0.15) is 17.5 Å². The number of nitrogens with one attached hydrogen (secondary N) is 1. The third-order valence-corrected chi connectivity index (χ3v) is 10.2. The smallest absolute Gasteiger partial charge is 0.244 e. The summed E-state index contributed by atoms with van der Waals surface area (Å²) in [5.41, 5.74) is 6.80. The average molecular weight is 593 g/mol. The van der Waals surface area contributed by atoms with E-state index >= 15 is 0 Å². The maximum absolute atomic E-state index is 13.1. The van der Waals surface area contributed by atoms with Gasteiger partial charge in [-0.2, -0.15) is 5.26 Å². The van der Waals surface area contributed by atoms with Gasteiger partial charge in [-0.15, -0.1) is 0 Å². The van der Waals surface area contributed by atoms with Gasteiger partial charge in [0.05, 0.1) is 18.2 Å². The zero-order valence-corrected chi connectivity index (χ0v) is 25.3. The number of piperazine rings is 1. The highest BCUT2D eigenvalue weighted by Gasteiger charge is 2.56. The number of aryl methyl sites for hydroxylation is 1. The molecule has 5 atom stereocenters. The van der Waals surface area contributed by atoms with Crippen LogP contribution in [0.5, 0.6) is 23.0 Å². The number of benzene rings is 3. The quantitative estimate of drug-likeness (QED) is 0.383. The van der Waals surface area contributed by atoms with Crippen LogP contribution in [0.15, 0.2) is 42.5 Å². The number of nitriles is 1. The number of hydrogen-bond acceptors (Lipinski definition) is 8. The Morgan fingerprint density at radius 2 is 1.80 bits per heavy atom. The van der Waals surface area contributed by atoms with Gasteiger partial charge in [0.2, 0.25) is 12.7 Å². The molecule has 3 aromatic carbocycles. The molecule has 1 unspecified atom stereocenters. The van der Waals surface area contributed by atoms with Crippen LogP contribution in [0, 0.1) is 32.1 Å². The summed E-state index contributed by atoms with van der Waals surface area (Å²) in [6.07, 6.45) is 4.32. The van der Waals surface area contributed by atoms with Crippen LogP contribution in [0.4, 0.5) is 0 Å². The molecule has 0 aliphatic carbocycles. The molecule has 4 aliphatic heterocycles. The molecule has 1 fully saturated rings. The van der Waals surface area contributed by atoms with Gasteiger partial charge in [-0.3, -0.25) is 14.6 Å². The van der Waals surface area contributed by atoms with Crippen molar-refractivity contribution in [3.8, 4) is 29.1 Å². The lowest BCUT2D eigenvalue weighted by Crippen LogP contribution is -2.68. The maximum atomic E-state index is 13.1. The van der Waals surface area contributed by atoms with Gasteiger partial charge in [-0.05, 0) is 69.0 Å². The molecule has 3 aromatic rings. The van der Waals surface area contributed by atoms with Crippen LogP contribution in [0.25, 0.3) is 6.08 Å². The molecular weight excluding hydrogens is 556 g/mol. The summed E-state index contributed by atoms with van der Waals surface area (Å²) in [6.45, 7) is 5.97. The molecule has 4 heterocycles. The van der Waals surface area contributed by atoms with Crippen molar-refractivity contribution in [2.24, 2.45) is 0 Å². The van der Waals surface area contributed by atoms with E-state index in [-0.39, 0.29) is 43.1 Å². The van der Waals surface area contributed by atoms with Crippen molar-refractivity contribution in [3.05, 3.63) is 87.0 Å². The number of phenols is 2. The summed E-state index contributed by atoms with van der Waals surface area (Å²) in [7, 11) is 2.03. The number of amides is 1. The highest BCUT2D eigenvalue weighted by Crippen LogP contribution is 2.57. The summed E-state index contributed by atoms with van der Waals surface area (Å²) in [6, 6.07) is 12.7. The number of fused-ring (bicyclic) bond motifs is 9. The van der Waals surface area contributed by atoms with Gasteiger partial charge in [-0.25, -0.2) is 0 Å². The average Bonchev–Trinajstić information content (AvgIpc) is 3.51. The first-order valence-corrected chi connectivity index (χ1v) is 15.1. The van der Waals surface area contributed by atoms with Gasteiger partial charge in [-0.1, -0.05) is 36.4 Å². The van der Waals surface area contributed by atoms with Crippen LogP contribution in [0.2, 0.25) is 0 Å². The zero-order chi connectivity index (χ0) is 30.9. The summed E-state index contributed by atoms with van der Waals surface area (Å²) in [4.78, 5) is 17.6. The van der Waals surface area contributed by atoms with Crippen molar-refractivity contribution in [2.75, 3.05) is 20.4 Å². The molecule has 3 N–H and O–H groups in total. The number of nitrogens with zero attached hydrogens (tertiary/aromatic N) is 3. The lowest BCUT2D eigenvalue weighted by molar-refractivity contribution is -0.117. The van der Waals surface area contributed by atoms with E-state index in [2.05, 4.69) is 27.3 Å². The Morgan fingerprint density at radius 3 is 2.55 bits per heavy atom. The number of carbonyl (C=O) groups is 1. The van der Waals surface area contributed by atoms with E-state index in [1.807, 2.05) is 58.2 Å². The Kier molecular flexibility index (Phi) is 6.80. The number of ether oxygens (including phenoxy) is 2. The highest BCUT2D eigenvalue weighted by atomic mass is 16.7. The first-order valence-electron chi connectivity index (χ1n) is 15.1. The fourth-order valence-electron chi connectivity index (χ4n) is 7.90. The third kappa shape index (κ3) is 4.16. The molecule has 0 aromatic heterocycles. The molecule has 1 amide bonds. The number of carbonyl (C=O) groups excluding carboxylic acids is 1. The van der Waals surface area contributed by atoms with Crippen molar-refractivity contribution in [1.29, 1.82) is 5.26 Å². The van der Waals surface area contributed by atoms with E-state index < -0.39 is 12.1 Å². The van der Waals surface area contributed by atoms with Crippen molar-refractivity contribution in [2.45, 2.75) is 63.8 Å². The fraction of sp³-hybridized carbons (Fsp3) is 0.371. The van der Waals surface area contributed by atoms with E-state index in [0.717, 1.165) is 38.9 Å². The van der Waals surface area contributed by atoms with Gasteiger partial charge < -0.3 is 25.0 Å². The largest absolute Gasteiger partial charge is 0.507 e. The molecule has 7 rings (SSSR count). The minimum absolute atomic E-state index is 0.0317. The van der Waals surface area contributed by atoms with Crippen molar-refractivity contribution in [3.63, 3.8) is 0 Å². The number of hydrogen-bond donors (Lipinski definition) is 3. The Morgan fingerprint density at radius 1 is 1.05 bits per heavy atom. The predicted molar refractivity (Wildman–Crippen MR) is 165 cm³/mol. The lowest BCUT2D eigenvalue weighted by atomic mass is 9.71. The molecule has 1 saturated heterocycles.